The Balaban J connectivity index is 0.00000147. The van der Waals surface area contributed by atoms with Gasteiger partial charge in [0.2, 0.25) is 0 Å². The van der Waals surface area contributed by atoms with Crippen LogP contribution in [-0.2, 0) is 0 Å². The lowest BCUT2D eigenvalue weighted by atomic mass is 9.87. The van der Waals surface area contributed by atoms with E-state index in [-0.39, 0.29) is 24.0 Å². The van der Waals surface area contributed by atoms with Gasteiger partial charge < -0.3 is 5.32 Å². The molecule has 0 amide bonds. The predicted octanol–water partition coefficient (Wildman–Crippen LogP) is 2.99. The van der Waals surface area contributed by atoms with Gasteiger partial charge in [-0.3, -0.25) is 4.90 Å². The molecule has 2 heterocycles. The van der Waals surface area contributed by atoms with Gasteiger partial charge in [0.1, 0.15) is 11.6 Å². The molecule has 5 heteroatoms. The number of piperidine rings is 1. The molecule has 3 atom stereocenters. The summed E-state index contributed by atoms with van der Waals surface area (Å²) in [6.07, 6.45) is 1.12. The molecule has 2 saturated heterocycles. The van der Waals surface area contributed by atoms with E-state index in [2.05, 4.69) is 10.2 Å². The molecule has 1 N–H and O–H groups in total. The Morgan fingerprint density at radius 1 is 1.20 bits per heavy atom. The van der Waals surface area contributed by atoms with E-state index in [1.165, 1.54) is 18.2 Å². The molecule has 0 bridgehead atoms. The van der Waals surface area contributed by atoms with Crippen molar-refractivity contribution in [2.45, 2.75) is 19.4 Å². The molecule has 2 fully saturated rings. The number of nitrogens with zero attached hydrogens (tertiary/aromatic N) is 1. The number of hydrogen-bond acceptors (Lipinski definition) is 2. The van der Waals surface area contributed by atoms with Crippen LogP contribution in [0.2, 0.25) is 0 Å². The highest BCUT2D eigenvalue weighted by molar-refractivity contribution is 5.85. The zero-order valence-electron chi connectivity index (χ0n) is 11.6. The molecule has 0 aliphatic carbocycles. The minimum Gasteiger partial charge on any atom is -0.316 e. The number of rotatable bonds is 2. The summed E-state index contributed by atoms with van der Waals surface area (Å²) in [6, 6.07) is 3.92. The minimum absolute atomic E-state index is 0. The van der Waals surface area contributed by atoms with Crippen LogP contribution in [0.25, 0.3) is 0 Å². The molecular weight excluding hydrogens is 282 g/mol. The van der Waals surface area contributed by atoms with Crippen LogP contribution in [0.15, 0.2) is 18.2 Å². The first-order chi connectivity index (χ1) is 9.16. The Bertz CT molecular complexity index is 449. The Labute approximate surface area is 124 Å². The summed E-state index contributed by atoms with van der Waals surface area (Å²) >= 11 is 0. The van der Waals surface area contributed by atoms with Crippen LogP contribution in [0.1, 0.15) is 24.9 Å². The van der Waals surface area contributed by atoms with E-state index >= 15 is 0 Å². The van der Waals surface area contributed by atoms with Gasteiger partial charge in [0, 0.05) is 18.2 Å². The summed E-state index contributed by atoms with van der Waals surface area (Å²) in [6.45, 7) is 5.91. The fourth-order valence-corrected chi connectivity index (χ4v) is 3.51. The SMILES string of the molecule is CC(c1c(F)cccc1F)N1CCC2CNCC2C1.Cl. The summed E-state index contributed by atoms with van der Waals surface area (Å²) in [5.74, 6) is 0.512. The topological polar surface area (TPSA) is 15.3 Å². The molecule has 0 aromatic heterocycles. The largest absolute Gasteiger partial charge is 0.316 e. The average molecular weight is 303 g/mol. The van der Waals surface area contributed by atoms with Crippen LogP contribution in [0.3, 0.4) is 0 Å². The van der Waals surface area contributed by atoms with E-state index in [9.17, 15) is 8.78 Å². The molecule has 1 aromatic carbocycles. The van der Waals surface area contributed by atoms with Gasteiger partial charge in [0.15, 0.2) is 0 Å². The quantitative estimate of drug-likeness (QED) is 0.903. The molecule has 0 radical (unpaired) electrons. The lowest BCUT2D eigenvalue weighted by molar-refractivity contribution is 0.107. The van der Waals surface area contributed by atoms with Gasteiger partial charge in [-0.1, -0.05) is 6.07 Å². The second-order valence-corrected chi connectivity index (χ2v) is 5.77. The summed E-state index contributed by atoms with van der Waals surface area (Å²) < 4.78 is 27.7. The number of likely N-dealkylation sites (tertiary alicyclic amines) is 1. The Hall–Kier alpha value is -0.710. The van der Waals surface area contributed by atoms with Gasteiger partial charge in [-0.25, -0.2) is 8.78 Å². The maximum atomic E-state index is 13.8. The second kappa shape index (κ2) is 6.37. The van der Waals surface area contributed by atoms with E-state index in [1.807, 2.05) is 6.92 Å². The van der Waals surface area contributed by atoms with Crippen LogP contribution in [0.4, 0.5) is 8.78 Å². The van der Waals surface area contributed by atoms with Gasteiger partial charge in [-0.2, -0.15) is 0 Å². The zero-order valence-corrected chi connectivity index (χ0v) is 12.4. The fourth-order valence-electron chi connectivity index (χ4n) is 3.51. The van der Waals surface area contributed by atoms with E-state index in [1.54, 1.807) is 0 Å². The smallest absolute Gasteiger partial charge is 0.130 e. The molecule has 2 aliphatic rings. The number of halogens is 3. The third kappa shape index (κ3) is 2.83. The van der Waals surface area contributed by atoms with Crippen molar-refractivity contribution >= 4 is 12.4 Å². The highest BCUT2D eigenvalue weighted by Crippen LogP contribution is 2.33. The maximum Gasteiger partial charge on any atom is 0.130 e. The number of benzene rings is 1. The molecule has 3 unspecified atom stereocenters. The Kier molecular flexibility index (Phi) is 4.99. The van der Waals surface area contributed by atoms with Gasteiger partial charge >= 0.3 is 0 Å². The summed E-state index contributed by atoms with van der Waals surface area (Å²) in [4.78, 5) is 2.22. The highest BCUT2D eigenvalue weighted by Gasteiger charge is 2.35. The van der Waals surface area contributed by atoms with Crippen LogP contribution < -0.4 is 5.32 Å². The Morgan fingerprint density at radius 2 is 1.85 bits per heavy atom. The van der Waals surface area contributed by atoms with Gasteiger partial charge in [0.05, 0.1) is 0 Å². The molecular formula is C15H21ClF2N2. The summed E-state index contributed by atoms with van der Waals surface area (Å²) in [5.41, 5.74) is 0.215. The van der Waals surface area contributed by atoms with E-state index in [0.717, 1.165) is 38.5 Å². The van der Waals surface area contributed by atoms with Crippen molar-refractivity contribution in [2.75, 3.05) is 26.2 Å². The van der Waals surface area contributed by atoms with Gasteiger partial charge in [0.25, 0.3) is 0 Å². The molecule has 0 saturated carbocycles. The fraction of sp³-hybridized carbons (Fsp3) is 0.600. The predicted molar refractivity (Wildman–Crippen MR) is 78.1 cm³/mol. The van der Waals surface area contributed by atoms with Gasteiger partial charge in [-0.15, -0.1) is 12.4 Å². The first-order valence-electron chi connectivity index (χ1n) is 7.05. The van der Waals surface area contributed by atoms with E-state index < -0.39 is 11.6 Å². The lowest BCUT2D eigenvalue weighted by Gasteiger charge is -2.38. The van der Waals surface area contributed by atoms with Crippen molar-refractivity contribution in [1.29, 1.82) is 0 Å². The number of hydrogen-bond donors (Lipinski definition) is 1. The lowest BCUT2D eigenvalue weighted by Crippen LogP contribution is -2.41. The van der Waals surface area contributed by atoms with Crippen LogP contribution in [0.5, 0.6) is 0 Å². The van der Waals surface area contributed by atoms with Crippen molar-refractivity contribution in [2.24, 2.45) is 11.8 Å². The molecule has 2 nitrogen and oxygen atoms in total. The van der Waals surface area contributed by atoms with Crippen molar-refractivity contribution < 1.29 is 8.78 Å². The number of nitrogens with one attached hydrogen (secondary N) is 1. The van der Waals surface area contributed by atoms with Gasteiger partial charge in [-0.05, 0) is 56.9 Å². The highest BCUT2D eigenvalue weighted by atomic mass is 35.5. The Morgan fingerprint density at radius 3 is 2.55 bits per heavy atom. The van der Waals surface area contributed by atoms with Crippen LogP contribution in [-0.4, -0.2) is 31.1 Å². The summed E-state index contributed by atoms with van der Waals surface area (Å²) in [5, 5.41) is 3.41. The molecule has 3 rings (SSSR count). The molecule has 112 valence electrons. The van der Waals surface area contributed by atoms with Crippen LogP contribution in [0, 0.1) is 23.5 Å². The maximum absolute atomic E-state index is 13.8. The first-order valence-corrected chi connectivity index (χ1v) is 7.05. The summed E-state index contributed by atoms with van der Waals surface area (Å²) in [7, 11) is 0. The van der Waals surface area contributed by atoms with Crippen molar-refractivity contribution in [3.8, 4) is 0 Å². The molecule has 20 heavy (non-hydrogen) atoms. The molecule has 1 aromatic rings. The van der Waals surface area contributed by atoms with Crippen molar-refractivity contribution in [1.82, 2.24) is 10.2 Å². The standard InChI is InChI=1S/C15H20F2N2.ClH/c1-10(15-13(16)3-2-4-14(15)17)19-6-5-11-7-18-8-12(11)9-19;/h2-4,10-12,18H,5-9H2,1H3;1H. The molecule has 2 aliphatic heterocycles. The van der Waals surface area contributed by atoms with Crippen molar-refractivity contribution in [3.63, 3.8) is 0 Å². The third-order valence-electron chi connectivity index (χ3n) is 4.70. The van der Waals surface area contributed by atoms with Crippen LogP contribution >= 0.6 is 12.4 Å². The first kappa shape index (κ1) is 15.7. The van der Waals surface area contributed by atoms with E-state index in [0.29, 0.717) is 5.92 Å². The monoisotopic (exact) mass is 302 g/mol. The normalized spacial score (nSPS) is 27.8. The van der Waals surface area contributed by atoms with E-state index in [4.69, 9.17) is 0 Å². The zero-order chi connectivity index (χ0) is 13.4. The minimum atomic E-state index is -0.431. The molecule has 0 spiro atoms. The van der Waals surface area contributed by atoms with Crippen molar-refractivity contribution in [3.05, 3.63) is 35.4 Å². The third-order valence-corrected chi connectivity index (χ3v) is 4.70. The average Bonchev–Trinajstić information content (AvgIpc) is 2.85. The number of fused-ring (bicyclic) bond motifs is 1. The second-order valence-electron chi connectivity index (χ2n) is 5.77.